The first-order chi connectivity index (χ1) is 9.34. The number of carboxylic acids is 1. The van der Waals surface area contributed by atoms with Crippen LogP contribution in [0, 0.1) is 5.92 Å². The second kappa shape index (κ2) is 5.71. The van der Waals surface area contributed by atoms with E-state index in [-0.39, 0.29) is 4.90 Å². The van der Waals surface area contributed by atoms with Gasteiger partial charge in [0, 0.05) is 17.6 Å². The zero-order valence-electron chi connectivity index (χ0n) is 11.0. The van der Waals surface area contributed by atoms with Crippen molar-refractivity contribution in [1.29, 1.82) is 0 Å². The van der Waals surface area contributed by atoms with Crippen LogP contribution in [0.4, 0.5) is 0 Å². The molecule has 7 heteroatoms. The fourth-order valence-electron chi connectivity index (χ4n) is 2.54. The van der Waals surface area contributed by atoms with E-state index >= 15 is 0 Å². The van der Waals surface area contributed by atoms with Gasteiger partial charge in [-0.1, -0.05) is 17.7 Å². The average molecular weight is 318 g/mol. The highest BCUT2D eigenvalue weighted by atomic mass is 35.5. The van der Waals surface area contributed by atoms with Crippen LogP contribution in [-0.4, -0.2) is 36.4 Å². The van der Waals surface area contributed by atoms with Crippen molar-refractivity contribution in [1.82, 2.24) is 4.31 Å². The predicted molar refractivity (Wildman–Crippen MR) is 75.2 cm³/mol. The topological polar surface area (TPSA) is 74.7 Å². The second-order valence-corrected chi connectivity index (χ2v) is 7.23. The van der Waals surface area contributed by atoms with Gasteiger partial charge in [0.05, 0.1) is 10.8 Å². The average Bonchev–Trinajstić information content (AvgIpc) is 2.38. The Morgan fingerprint density at radius 2 is 2.15 bits per heavy atom. The van der Waals surface area contributed by atoms with E-state index in [1.807, 2.05) is 0 Å². The number of rotatable bonds is 3. The summed E-state index contributed by atoms with van der Waals surface area (Å²) in [6.07, 6.45) is 1.04. The molecule has 2 rings (SSSR count). The molecule has 1 aliphatic rings. The normalized spacial score (nSPS) is 24.5. The predicted octanol–water partition coefficient (Wildman–Crippen LogP) is 2.21. The van der Waals surface area contributed by atoms with Crippen LogP contribution in [0.15, 0.2) is 29.2 Å². The van der Waals surface area contributed by atoms with Crippen molar-refractivity contribution in [2.24, 2.45) is 5.92 Å². The van der Waals surface area contributed by atoms with Gasteiger partial charge >= 0.3 is 5.97 Å². The summed E-state index contributed by atoms with van der Waals surface area (Å²) in [5.74, 6) is -1.62. The van der Waals surface area contributed by atoms with Gasteiger partial charge in [0.2, 0.25) is 10.0 Å². The zero-order chi connectivity index (χ0) is 14.9. The van der Waals surface area contributed by atoms with Crippen LogP contribution in [0.1, 0.15) is 19.8 Å². The highest BCUT2D eigenvalue weighted by Crippen LogP contribution is 2.30. The van der Waals surface area contributed by atoms with Crippen molar-refractivity contribution in [3.05, 3.63) is 29.3 Å². The highest BCUT2D eigenvalue weighted by Gasteiger charge is 2.39. The maximum Gasteiger partial charge on any atom is 0.308 e. The molecule has 1 fully saturated rings. The molecule has 1 aromatic carbocycles. The van der Waals surface area contributed by atoms with Crippen molar-refractivity contribution < 1.29 is 18.3 Å². The number of nitrogens with zero attached hydrogens (tertiary/aromatic N) is 1. The van der Waals surface area contributed by atoms with E-state index in [0.717, 1.165) is 0 Å². The number of hydrogen-bond acceptors (Lipinski definition) is 3. The third-order valence-electron chi connectivity index (χ3n) is 3.65. The summed E-state index contributed by atoms with van der Waals surface area (Å²) in [5, 5.41) is 9.50. The lowest BCUT2D eigenvalue weighted by atomic mass is 9.92. The van der Waals surface area contributed by atoms with Crippen LogP contribution >= 0.6 is 11.6 Å². The molecule has 1 aliphatic heterocycles. The lowest BCUT2D eigenvalue weighted by Gasteiger charge is -2.36. The Labute approximate surface area is 123 Å². The molecule has 1 saturated heterocycles. The van der Waals surface area contributed by atoms with Crippen molar-refractivity contribution in [2.45, 2.75) is 30.7 Å². The third-order valence-corrected chi connectivity index (χ3v) is 5.87. The fraction of sp³-hybridized carbons (Fsp3) is 0.462. The minimum absolute atomic E-state index is 0.0999. The van der Waals surface area contributed by atoms with Gasteiger partial charge in [0.25, 0.3) is 0 Å². The molecule has 0 aromatic heterocycles. The van der Waals surface area contributed by atoms with E-state index in [0.29, 0.717) is 24.4 Å². The zero-order valence-corrected chi connectivity index (χ0v) is 12.6. The summed E-state index contributed by atoms with van der Waals surface area (Å²) in [4.78, 5) is 11.3. The van der Waals surface area contributed by atoms with Crippen LogP contribution in [0.5, 0.6) is 0 Å². The number of sulfonamides is 1. The molecular formula is C13H16ClNO4S. The molecule has 20 heavy (non-hydrogen) atoms. The summed E-state index contributed by atoms with van der Waals surface area (Å²) >= 11 is 5.83. The van der Waals surface area contributed by atoms with Gasteiger partial charge in [-0.2, -0.15) is 4.31 Å². The van der Waals surface area contributed by atoms with E-state index in [2.05, 4.69) is 0 Å². The summed E-state index contributed by atoms with van der Waals surface area (Å²) in [7, 11) is -3.71. The molecule has 1 N–H and O–H groups in total. The SMILES string of the molecule is C[C@@H]1[C@H](C(=O)O)CCCN1S(=O)(=O)c1cccc(Cl)c1. The molecule has 0 aliphatic carbocycles. The first-order valence-corrected chi connectivity index (χ1v) is 8.16. The summed E-state index contributed by atoms with van der Waals surface area (Å²) in [6.45, 7) is 1.97. The Morgan fingerprint density at radius 1 is 1.45 bits per heavy atom. The van der Waals surface area contributed by atoms with Gasteiger partial charge in [-0.3, -0.25) is 4.79 Å². The van der Waals surface area contributed by atoms with Crippen LogP contribution in [0.2, 0.25) is 5.02 Å². The quantitative estimate of drug-likeness (QED) is 0.927. The van der Waals surface area contributed by atoms with Gasteiger partial charge in [0.1, 0.15) is 0 Å². The van der Waals surface area contributed by atoms with Crippen LogP contribution in [0.25, 0.3) is 0 Å². The van der Waals surface area contributed by atoms with E-state index in [1.54, 1.807) is 19.1 Å². The molecule has 5 nitrogen and oxygen atoms in total. The number of piperidine rings is 1. The molecule has 0 spiro atoms. The minimum Gasteiger partial charge on any atom is -0.481 e. The number of carboxylic acid groups (broad SMARTS) is 1. The van der Waals surface area contributed by atoms with Crippen molar-refractivity contribution in [3.63, 3.8) is 0 Å². The molecule has 0 bridgehead atoms. The summed E-state index contributed by atoms with van der Waals surface area (Å²) in [5.41, 5.74) is 0. The smallest absolute Gasteiger partial charge is 0.308 e. The first kappa shape index (κ1) is 15.3. The Hall–Kier alpha value is -1.11. The minimum atomic E-state index is -3.71. The molecule has 0 saturated carbocycles. The highest BCUT2D eigenvalue weighted by molar-refractivity contribution is 7.89. The number of aliphatic carboxylic acids is 1. The molecule has 1 heterocycles. The van der Waals surface area contributed by atoms with Crippen LogP contribution in [0.3, 0.4) is 0 Å². The van der Waals surface area contributed by atoms with Gasteiger partial charge in [-0.15, -0.1) is 0 Å². The Morgan fingerprint density at radius 3 is 2.75 bits per heavy atom. The molecule has 2 atom stereocenters. The maximum absolute atomic E-state index is 12.6. The first-order valence-electron chi connectivity index (χ1n) is 6.34. The number of hydrogen-bond donors (Lipinski definition) is 1. The number of carbonyl (C=O) groups is 1. The van der Waals surface area contributed by atoms with E-state index < -0.39 is 28.0 Å². The van der Waals surface area contributed by atoms with Gasteiger partial charge in [0.15, 0.2) is 0 Å². The van der Waals surface area contributed by atoms with Gasteiger partial charge in [-0.25, -0.2) is 8.42 Å². The lowest BCUT2D eigenvalue weighted by molar-refractivity contribution is -0.144. The maximum atomic E-state index is 12.6. The van der Waals surface area contributed by atoms with E-state index in [1.165, 1.54) is 16.4 Å². The Balaban J connectivity index is 2.36. The summed E-state index contributed by atoms with van der Waals surface area (Å²) < 4.78 is 26.4. The van der Waals surface area contributed by atoms with E-state index in [9.17, 15) is 13.2 Å². The molecule has 0 radical (unpaired) electrons. The van der Waals surface area contributed by atoms with Crippen molar-refractivity contribution in [2.75, 3.05) is 6.54 Å². The van der Waals surface area contributed by atoms with Crippen LogP contribution in [-0.2, 0) is 14.8 Å². The molecule has 110 valence electrons. The molecule has 0 unspecified atom stereocenters. The van der Waals surface area contributed by atoms with E-state index in [4.69, 9.17) is 16.7 Å². The lowest BCUT2D eigenvalue weighted by Crippen LogP contribution is -2.48. The molecule has 1 aromatic rings. The molecular weight excluding hydrogens is 302 g/mol. The number of halogens is 1. The fourth-order valence-corrected chi connectivity index (χ4v) is 4.55. The standard InChI is InChI=1S/C13H16ClNO4S/c1-9-12(13(16)17)6-3-7-15(9)20(18,19)11-5-2-4-10(14)8-11/h2,4-5,8-9,12H,3,6-7H2,1H3,(H,16,17)/t9-,12-/m1/s1. The largest absolute Gasteiger partial charge is 0.481 e. The second-order valence-electron chi connectivity index (χ2n) is 4.90. The van der Waals surface area contributed by atoms with Gasteiger partial charge in [-0.05, 0) is 38.0 Å². The van der Waals surface area contributed by atoms with Crippen LogP contribution < -0.4 is 0 Å². The van der Waals surface area contributed by atoms with Crippen molar-refractivity contribution in [3.8, 4) is 0 Å². The van der Waals surface area contributed by atoms with Crippen molar-refractivity contribution >= 4 is 27.6 Å². The number of benzene rings is 1. The third kappa shape index (κ3) is 2.82. The monoisotopic (exact) mass is 317 g/mol. The Kier molecular flexibility index (Phi) is 4.36. The summed E-state index contributed by atoms with van der Waals surface area (Å²) in [6, 6.07) is 5.45. The van der Waals surface area contributed by atoms with Gasteiger partial charge < -0.3 is 5.11 Å². The molecule has 0 amide bonds. The Bertz CT molecular complexity index is 617.